The van der Waals surface area contributed by atoms with Gasteiger partial charge in [0.25, 0.3) is 0 Å². The number of carbonyl (C=O) groups excluding carboxylic acids is 1. The van der Waals surface area contributed by atoms with E-state index < -0.39 is 0 Å². The minimum Gasteiger partial charge on any atom is -0.307 e. The molecule has 0 bridgehead atoms. The van der Waals surface area contributed by atoms with Crippen LogP contribution >= 0.6 is 0 Å². The molecule has 2 amide bonds. The Bertz CT molecular complexity index is 740. The largest absolute Gasteiger partial charge is 0.324 e. The Kier molecular flexibility index (Phi) is 16.1. The van der Waals surface area contributed by atoms with Gasteiger partial charge in [0.2, 0.25) is 0 Å². The van der Waals surface area contributed by atoms with Crippen molar-refractivity contribution in [2.75, 3.05) is 10.6 Å². The molecule has 0 saturated heterocycles. The van der Waals surface area contributed by atoms with Crippen molar-refractivity contribution in [1.82, 2.24) is 9.97 Å². The van der Waals surface area contributed by atoms with Crippen LogP contribution in [0.5, 0.6) is 0 Å². The third-order valence-electron chi connectivity index (χ3n) is 2.80. The van der Waals surface area contributed by atoms with E-state index in [2.05, 4.69) is 20.6 Å². The van der Waals surface area contributed by atoms with Gasteiger partial charge >= 0.3 is 6.03 Å². The fourth-order valence-corrected chi connectivity index (χ4v) is 1.91. The van der Waals surface area contributed by atoms with Gasteiger partial charge in [0, 0.05) is 17.8 Å². The number of nitrogens with zero attached hydrogens (tertiary/aromatic N) is 2. The zero-order valence-corrected chi connectivity index (χ0v) is 16.6. The molecule has 2 N–H and O–H groups in total. The Morgan fingerprint density at radius 1 is 0.741 bits per heavy atom. The number of nitrogens with one attached hydrogen (secondary N) is 2. The van der Waals surface area contributed by atoms with Gasteiger partial charge in [0.1, 0.15) is 5.82 Å². The summed E-state index contributed by atoms with van der Waals surface area (Å²) in [5.74, 6) is 0.503. The van der Waals surface area contributed by atoms with Gasteiger partial charge in [-0.1, -0.05) is 73.2 Å². The molecule has 2 aromatic heterocycles. The molecule has 27 heavy (non-hydrogen) atoms. The van der Waals surface area contributed by atoms with E-state index in [-0.39, 0.29) is 13.5 Å². The predicted molar refractivity (Wildman–Crippen MR) is 119 cm³/mol. The second-order valence-electron chi connectivity index (χ2n) is 4.17. The summed E-state index contributed by atoms with van der Waals surface area (Å²) in [6.07, 6.45) is 3.29. The molecular weight excluding hydrogens is 336 g/mol. The zero-order chi connectivity index (χ0) is 19.8. The first-order valence-corrected chi connectivity index (χ1v) is 9.16. The summed E-state index contributed by atoms with van der Waals surface area (Å²) in [5.41, 5.74) is 1.55. The molecular formula is C22H34N4O. The van der Waals surface area contributed by atoms with Gasteiger partial charge in [-0.25, -0.2) is 9.78 Å². The highest BCUT2D eigenvalue weighted by molar-refractivity contribution is 6.04. The molecule has 1 aromatic carbocycles. The maximum Gasteiger partial charge on any atom is 0.324 e. The predicted octanol–water partition coefficient (Wildman–Crippen LogP) is 6.99. The van der Waals surface area contributed by atoms with Gasteiger partial charge < -0.3 is 5.32 Å². The highest BCUT2D eigenvalue weighted by Crippen LogP contribution is 2.20. The van der Waals surface area contributed by atoms with Gasteiger partial charge in [-0.15, -0.1) is 0 Å². The number of anilines is 2. The average Bonchev–Trinajstić information content (AvgIpc) is 2.73. The molecule has 5 nitrogen and oxygen atoms in total. The van der Waals surface area contributed by atoms with Crippen LogP contribution in [0.2, 0.25) is 0 Å². The smallest absolute Gasteiger partial charge is 0.307 e. The van der Waals surface area contributed by atoms with Crippen LogP contribution in [0, 0.1) is 0 Å². The van der Waals surface area contributed by atoms with Crippen LogP contribution in [0.25, 0.3) is 10.9 Å². The van der Waals surface area contributed by atoms with Crippen molar-refractivity contribution in [3.8, 4) is 0 Å². The Balaban J connectivity index is 0. The lowest BCUT2D eigenvalue weighted by molar-refractivity contribution is 0.262. The molecule has 0 atom stereocenters. The quantitative estimate of drug-likeness (QED) is 0.511. The average molecular weight is 371 g/mol. The number of hydrogen-bond acceptors (Lipinski definition) is 3. The lowest BCUT2D eigenvalue weighted by atomic mass is 10.2. The minimum atomic E-state index is -0.333. The highest BCUT2D eigenvalue weighted by atomic mass is 16.2. The summed E-state index contributed by atoms with van der Waals surface area (Å²) in [5, 5.41) is 6.37. The third kappa shape index (κ3) is 8.81. The fourth-order valence-electron chi connectivity index (χ4n) is 1.91. The number of pyridine rings is 2. The first kappa shape index (κ1) is 26.3. The number of carbonyl (C=O) groups is 1. The van der Waals surface area contributed by atoms with E-state index in [1.165, 1.54) is 0 Å². The Morgan fingerprint density at radius 2 is 1.37 bits per heavy atom. The summed E-state index contributed by atoms with van der Waals surface area (Å²) in [6, 6.07) is 14.4. The second kappa shape index (κ2) is 16.5. The third-order valence-corrected chi connectivity index (χ3v) is 2.80. The zero-order valence-electron chi connectivity index (χ0n) is 16.6. The summed E-state index contributed by atoms with van der Waals surface area (Å²) in [7, 11) is 0. The van der Waals surface area contributed by atoms with E-state index in [9.17, 15) is 4.79 Å². The van der Waals surface area contributed by atoms with Crippen molar-refractivity contribution in [3.05, 3.63) is 60.9 Å². The number of benzene rings is 1. The fraction of sp³-hybridized carbons (Fsp3) is 0.318. The SMILES string of the molecule is C.CC.CC.CC.O=C(Nc1ccccn1)Nc1ccnc2ccccc12. The summed E-state index contributed by atoms with van der Waals surface area (Å²) >= 11 is 0. The number of rotatable bonds is 2. The van der Waals surface area contributed by atoms with Crippen LogP contribution in [-0.2, 0) is 0 Å². The van der Waals surface area contributed by atoms with E-state index in [1.54, 1.807) is 30.6 Å². The number of hydrogen-bond donors (Lipinski definition) is 2. The Hall–Kier alpha value is -2.95. The molecule has 0 aliphatic rings. The van der Waals surface area contributed by atoms with E-state index in [4.69, 9.17) is 0 Å². The lowest BCUT2D eigenvalue weighted by Crippen LogP contribution is -2.20. The minimum absolute atomic E-state index is 0. The normalized spacial score (nSPS) is 8.22. The second-order valence-corrected chi connectivity index (χ2v) is 4.17. The number of amides is 2. The molecule has 3 rings (SSSR count). The van der Waals surface area contributed by atoms with Crippen LogP contribution < -0.4 is 10.6 Å². The number of aromatic nitrogens is 2. The monoisotopic (exact) mass is 370 g/mol. The van der Waals surface area contributed by atoms with Gasteiger partial charge in [-0.05, 0) is 24.3 Å². The maximum absolute atomic E-state index is 11.9. The van der Waals surface area contributed by atoms with Crippen molar-refractivity contribution >= 4 is 28.4 Å². The van der Waals surface area contributed by atoms with Gasteiger partial charge in [-0.3, -0.25) is 10.3 Å². The molecule has 2 heterocycles. The molecule has 0 aliphatic carbocycles. The summed E-state index contributed by atoms with van der Waals surface area (Å²) in [6.45, 7) is 12.0. The van der Waals surface area contributed by atoms with Gasteiger partial charge in [0.05, 0.1) is 11.2 Å². The molecule has 0 unspecified atom stereocenters. The topological polar surface area (TPSA) is 66.9 Å². The standard InChI is InChI=1S/C15H12N4O.3C2H6.CH4/c20-15(19-14-7-3-4-9-17-14)18-13-8-10-16-12-6-2-1-5-11(12)13;3*1-2;/h1-10H,(H2,16,17,18,19,20);3*1-2H3;1H4. The Labute approximate surface area is 164 Å². The highest BCUT2D eigenvalue weighted by Gasteiger charge is 2.06. The van der Waals surface area contributed by atoms with E-state index in [0.717, 1.165) is 10.9 Å². The summed E-state index contributed by atoms with van der Waals surface area (Å²) < 4.78 is 0. The van der Waals surface area contributed by atoms with Crippen molar-refractivity contribution < 1.29 is 4.79 Å². The van der Waals surface area contributed by atoms with Crippen molar-refractivity contribution in [2.24, 2.45) is 0 Å². The van der Waals surface area contributed by atoms with Crippen LogP contribution in [0.4, 0.5) is 16.3 Å². The first-order valence-electron chi connectivity index (χ1n) is 9.16. The van der Waals surface area contributed by atoms with Gasteiger partial charge in [0.15, 0.2) is 0 Å². The van der Waals surface area contributed by atoms with Gasteiger partial charge in [-0.2, -0.15) is 0 Å². The van der Waals surface area contributed by atoms with Crippen molar-refractivity contribution in [2.45, 2.75) is 49.0 Å². The van der Waals surface area contributed by atoms with Crippen LogP contribution in [0.1, 0.15) is 49.0 Å². The molecule has 3 aromatic rings. The first-order chi connectivity index (χ1) is 12.8. The number of urea groups is 1. The molecule has 0 aliphatic heterocycles. The van der Waals surface area contributed by atoms with E-state index in [0.29, 0.717) is 11.5 Å². The molecule has 0 radical (unpaired) electrons. The molecule has 0 fully saturated rings. The molecule has 148 valence electrons. The maximum atomic E-state index is 11.9. The summed E-state index contributed by atoms with van der Waals surface area (Å²) in [4.78, 5) is 20.2. The van der Waals surface area contributed by atoms with Crippen LogP contribution in [0.3, 0.4) is 0 Å². The molecule has 0 spiro atoms. The van der Waals surface area contributed by atoms with E-state index >= 15 is 0 Å². The lowest BCUT2D eigenvalue weighted by Gasteiger charge is -2.09. The van der Waals surface area contributed by atoms with Crippen LogP contribution in [-0.4, -0.2) is 16.0 Å². The van der Waals surface area contributed by atoms with E-state index in [1.807, 2.05) is 71.9 Å². The van der Waals surface area contributed by atoms with Crippen LogP contribution in [0.15, 0.2) is 60.9 Å². The number of fused-ring (bicyclic) bond motifs is 1. The van der Waals surface area contributed by atoms with Crippen molar-refractivity contribution in [1.29, 1.82) is 0 Å². The molecule has 0 saturated carbocycles. The Morgan fingerprint density at radius 3 is 2.00 bits per heavy atom. The van der Waals surface area contributed by atoms with Crippen molar-refractivity contribution in [3.63, 3.8) is 0 Å². The number of para-hydroxylation sites is 1. The molecule has 5 heteroatoms.